The molecule has 0 saturated heterocycles. The third-order valence-electron chi connectivity index (χ3n) is 4.19. The van der Waals surface area contributed by atoms with E-state index in [0.29, 0.717) is 23.8 Å². The van der Waals surface area contributed by atoms with E-state index >= 15 is 0 Å². The average molecular weight is 516 g/mol. The second kappa shape index (κ2) is 8.61. The molecule has 0 unspecified atom stereocenters. The van der Waals surface area contributed by atoms with Crippen molar-refractivity contribution in [2.75, 3.05) is 14.1 Å². The fourth-order valence-corrected chi connectivity index (χ4v) is 3.24. The van der Waals surface area contributed by atoms with E-state index in [2.05, 4.69) is 48.9 Å². The van der Waals surface area contributed by atoms with E-state index in [1.807, 2.05) is 28.9 Å². The van der Waals surface area contributed by atoms with Crippen LogP contribution in [-0.4, -0.2) is 50.0 Å². The normalized spacial score (nSPS) is 10.8. The molecule has 0 bridgehead atoms. The van der Waals surface area contributed by atoms with E-state index in [0.717, 1.165) is 14.8 Å². The number of nitrogens with zero attached hydrogens (tertiary/aromatic N) is 6. The van der Waals surface area contributed by atoms with E-state index in [4.69, 9.17) is 9.26 Å². The number of amides is 1. The molecule has 3 heterocycles. The molecule has 0 radical (unpaired) electrons. The molecule has 0 aliphatic carbocycles. The van der Waals surface area contributed by atoms with Crippen LogP contribution in [0.2, 0.25) is 0 Å². The highest BCUT2D eigenvalue weighted by atomic mass is 127. The molecule has 0 saturated carbocycles. The van der Waals surface area contributed by atoms with Crippen LogP contribution in [0.25, 0.3) is 22.9 Å². The van der Waals surface area contributed by atoms with E-state index in [-0.39, 0.29) is 5.75 Å². The number of ether oxygens (including phenoxy) is 1. The van der Waals surface area contributed by atoms with Gasteiger partial charge in [-0.05, 0) is 40.3 Å². The third-order valence-corrected chi connectivity index (χ3v) is 5.24. The average Bonchev–Trinajstić information content (AvgIpc) is 3.40. The lowest BCUT2D eigenvalue weighted by Crippen LogP contribution is -2.25. The Labute approximate surface area is 185 Å². The zero-order valence-corrected chi connectivity index (χ0v) is 18.3. The second-order valence-corrected chi connectivity index (χ2v) is 7.72. The Bertz CT molecular complexity index is 1160. The first-order chi connectivity index (χ1) is 14.5. The lowest BCUT2D eigenvalue weighted by Gasteiger charge is -2.09. The molecule has 0 aliphatic rings. The highest BCUT2D eigenvalue weighted by Gasteiger charge is 2.17. The fourth-order valence-electron chi connectivity index (χ4n) is 2.68. The van der Waals surface area contributed by atoms with Gasteiger partial charge in [0.2, 0.25) is 0 Å². The van der Waals surface area contributed by atoms with E-state index in [1.54, 1.807) is 20.2 Å². The number of carbonyl (C=O) groups is 1. The number of hydrogen-bond acceptors (Lipinski definition) is 7. The van der Waals surface area contributed by atoms with Gasteiger partial charge < -0.3 is 14.2 Å². The predicted octanol–water partition coefficient (Wildman–Crippen LogP) is 3.71. The molecule has 30 heavy (non-hydrogen) atoms. The van der Waals surface area contributed by atoms with Gasteiger partial charge in [-0.3, -0.25) is 4.68 Å². The quantitative estimate of drug-likeness (QED) is 0.373. The van der Waals surface area contributed by atoms with Crippen LogP contribution in [0.1, 0.15) is 5.56 Å². The smallest absolute Gasteiger partial charge is 0.407 e. The maximum atomic E-state index is 11.7. The van der Waals surface area contributed by atoms with Crippen LogP contribution in [0, 0.1) is 3.57 Å². The van der Waals surface area contributed by atoms with E-state index < -0.39 is 6.09 Å². The van der Waals surface area contributed by atoms with Crippen molar-refractivity contribution in [1.29, 1.82) is 0 Å². The van der Waals surface area contributed by atoms with Crippen molar-refractivity contribution in [2.24, 2.45) is 0 Å². The molecular formula is C20H17IN6O3. The maximum Gasteiger partial charge on any atom is 0.414 e. The van der Waals surface area contributed by atoms with Gasteiger partial charge >= 0.3 is 6.09 Å². The molecule has 1 amide bonds. The number of carbonyl (C=O) groups excluding carboxylic acids is 1. The lowest BCUT2D eigenvalue weighted by molar-refractivity contribution is 0.171. The van der Waals surface area contributed by atoms with Crippen LogP contribution in [0.4, 0.5) is 4.79 Å². The number of aromatic nitrogens is 5. The van der Waals surface area contributed by atoms with Gasteiger partial charge in [0.05, 0.1) is 24.6 Å². The Balaban J connectivity index is 1.66. The van der Waals surface area contributed by atoms with Gasteiger partial charge in [-0.1, -0.05) is 23.4 Å². The summed E-state index contributed by atoms with van der Waals surface area (Å²) in [6.45, 7) is 0.555. The van der Waals surface area contributed by atoms with E-state index in [1.165, 1.54) is 23.6 Å². The summed E-state index contributed by atoms with van der Waals surface area (Å²) in [6.07, 6.45) is 3.90. The summed E-state index contributed by atoms with van der Waals surface area (Å²) in [5.74, 6) is 0.665. The number of rotatable bonds is 5. The maximum absolute atomic E-state index is 11.7. The summed E-state index contributed by atoms with van der Waals surface area (Å²) in [7, 11) is 3.20. The van der Waals surface area contributed by atoms with Crippen molar-refractivity contribution in [3.63, 3.8) is 0 Å². The minimum absolute atomic E-state index is 0.257. The number of hydrogen-bond donors (Lipinski definition) is 0. The van der Waals surface area contributed by atoms with Crippen LogP contribution in [0.15, 0.2) is 59.6 Å². The summed E-state index contributed by atoms with van der Waals surface area (Å²) in [4.78, 5) is 21.6. The molecule has 0 aliphatic heterocycles. The summed E-state index contributed by atoms with van der Waals surface area (Å²) in [5.41, 5.74) is 3.15. The molecule has 0 spiro atoms. The molecule has 4 aromatic rings. The van der Waals surface area contributed by atoms with Crippen molar-refractivity contribution >= 4 is 28.7 Å². The van der Waals surface area contributed by atoms with Gasteiger partial charge in [-0.25, -0.2) is 14.8 Å². The first-order valence-corrected chi connectivity index (χ1v) is 10.0. The molecule has 0 fully saturated rings. The van der Waals surface area contributed by atoms with Crippen molar-refractivity contribution in [2.45, 2.75) is 6.54 Å². The van der Waals surface area contributed by atoms with E-state index in [9.17, 15) is 4.79 Å². The van der Waals surface area contributed by atoms with Crippen molar-refractivity contribution in [1.82, 2.24) is 29.8 Å². The molecule has 9 nitrogen and oxygen atoms in total. The van der Waals surface area contributed by atoms with Crippen LogP contribution in [0.3, 0.4) is 0 Å². The molecule has 0 N–H and O–H groups in total. The molecule has 0 atom stereocenters. The zero-order chi connectivity index (χ0) is 21.1. The van der Waals surface area contributed by atoms with Gasteiger partial charge in [0, 0.05) is 23.7 Å². The van der Waals surface area contributed by atoms with Crippen molar-refractivity contribution < 1.29 is 14.1 Å². The summed E-state index contributed by atoms with van der Waals surface area (Å²) >= 11 is 2.30. The summed E-state index contributed by atoms with van der Waals surface area (Å²) < 4.78 is 13.1. The Morgan fingerprint density at radius 3 is 2.60 bits per heavy atom. The first kappa shape index (κ1) is 20.0. The highest BCUT2D eigenvalue weighted by molar-refractivity contribution is 14.1. The first-order valence-electron chi connectivity index (χ1n) is 8.95. The van der Waals surface area contributed by atoms with Gasteiger partial charge in [0.15, 0.2) is 11.6 Å². The monoisotopic (exact) mass is 516 g/mol. The van der Waals surface area contributed by atoms with Gasteiger partial charge in [-0.15, -0.1) is 0 Å². The van der Waals surface area contributed by atoms with Crippen LogP contribution in [-0.2, 0) is 6.54 Å². The standard InChI is InChI=1S/C20H17IN6O3/c1-26(2)20(28)30-14-10-22-19(23-11-14)17-9-18(16-7-8-29-25-16)27(24-17)12-13-5-3-4-6-15(13)21/h3-11H,12H2,1-2H3. The highest BCUT2D eigenvalue weighted by Crippen LogP contribution is 2.25. The second-order valence-electron chi connectivity index (χ2n) is 6.55. The largest absolute Gasteiger partial charge is 0.414 e. The molecular weight excluding hydrogens is 499 g/mol. The topological polar surface area (TPSA) is 99.2 Å². The molecule has 10 heteroatoms. The minimum Gasteiger partial charge on any atom is -0.407 e. The third kappa shape index (κ3) is 4.32. The van der Waals surface area contributed by atoms with Crippen LogP contribution >= 0.6 is 22.6 Å². The predicted molar refractivity (Wildman–Crippen MR) is 117 cm³/mol. The Hall–Kier alpha value is -3.28. The zero-order valence-electron chi connectivity index (χ0n) is 16.2. The Morgan fingerprint density at radius 1 is 1.17 bits per heavy atom. The molecule has 1 aromatic carbocycles. The number of benzene rings is 1. The Kier molecular flexibility index (Phi) is 5.74. The van der Waals surface area contributed by atoms with Crippen molar-refractivity contribution in [3.8, 4) is 28.7 Å². The van der Waals surface area contributed by atoms with Gasteiger partial charge in [0.25, 0.3) is 0 Å². The summed E-state index contributed by atoms with van der Waals surface area (Å²) in [6, 6.07) is 11.7. The van der Waals surface area contributed by atoms with Crippen LogP contribution < -0.4 is 4.74 Å². The minimum atomic E-state index is -0.499. The van der Waals surface area contributed by atoms with Gasteiger partial charge in [0.1, 0.15) is 17.7 Å². The molecule has 152 valence electrons. The fraction of sp³-hybridized carbons (Fsp3) is 0.150. The van der Waals surface area contributed by atoms with Crippen LogP contribution in [0.5, 0.6) is 5.75 Å². The SMILES string of the molecule is CN(C)C(=O)Oc1cnc(-c2cc(-c3ccon3)n(Cc3ccccc3I)n2)nc1. The molecule has 4 rings (SSSR count). The number of halogens is 1. The molecule has 3 aromatic heterocycles. The van der Waals surface area contributed by atoms with Gasteiger partial charge in [-0.2, -0.15) is 5.10 Å². The lowest BCUT2D eigenvalue weighted by atomic mass is 10.2. The van der Waals surface area contributed by atoms with Crippen molar-refractivity contribution in [3.05, 3.63) is 64.2 Å². The Morgan fingerprint density at radius 2 is 1.93 bits per heavy atom. The summed E-state index contributed by atoms with van der Waals surface area (Å²) in [5, 5.41) is 8.72.